The number of carbonyl (C=O) groups is 1. The molecule has 5 nitrogen and oxygen atoms in total. The van der Waals surface area contributed by atoms with Crippen LogP contribution in [0.15, 0.2) is 0 Å². The maximum absolute atomic E-state index is 10.6. The van der Waals surface area contributed by atoms with Crippen LogP contribution < -0.4 is 5.73 Å². The molecule has 1 atom stereocenters. The summed E-state index contributed by atoms with van der Waals surface area (Å²) < 4.78 is 3.80. The molecule has 0 saturated heterocycles. The van der Waals surface area contributed by atoms with E-state index in [1.165, 1.54) is 0 Å². The van der Waals surface area contributed by atoms with Crippen molar-refractivity contribution < 1.29 is 9.90 Å². The molecule has 0 aliphatic rings. The van der Waals surface area contributed by atoms with Gasteiger partial charge >= 0.3 is 5.97 Å². The van der Waals surface area contributed by atoms with Crippen LogP contribution in [0.4, 0.5) is 0 Å². The number of nitrogens with two attached hydrogens (primary N) is 1. The van der Waals surface area contributed by atoms with Gasteiger partial charge in [0, 0.05) is 18.1 Å². The number of carboxylic acid groups (broad SMARTS) is 1. The maximum atomic E-state index is 10.6. The Morgan fingerprint density at radius 1 is 1.83 bits per heavy atom. The molecule has 3 N–H and O–H groups in total. The fourth-order valence-electron chi connectivity index (χ4n) is 0.722. The Labute approximate surface area is 77.3 Å². The van der Waals surface area contributed by atoms with E-state index in [1.807, 2.05) is 0 Å². The van der Waals surface area contributed by atoms with Crippen molar-refractivity contribution in [2.24, 2.45) is 5.73 Å². The quantitative estimate of drug-likeness (QED) is 0.745. The smallest absolute Gasteiger partial charge is 0.314 e. The van der Waals surface area contributed by atoms with Crippen molar-refractivity contribution in [1.29, 1.82) is 0 Å². The van der Waals surface area contributed by atoms with Crippen LogP contribution in [0.3, 0.4) is 0 Å². The van der Waals surface area contributed by atoms with Gasteiger partial charge in [0.05, 0.1) is 0 Å². The SMILES string of the molecule is NCC(C(=O)O)c1nnsc1Cl. The zero-order valence-electron chi connectivity index (χ0n) is 5.90. The van der Waals surface area contributed by atoms with Crippen LogP contribution in [-0.2, 0) is 4.79 Å². The third-order valence-electron chi connectivity index (χ3n) is 1.33. The minimum Gasteiger partial charge on any atom is -0.481 e. The molecule has 1 aromatic rings. The molecule has 0 saturated carbocycles. The number of hydrogen-bond acceptors (Lipinski definition) is 5. The lowest BCUT2D eigenvalue weighted by molar-refractivity contribution is -0.138. The summed E-state index contributed by atoms with van der Waals surface area (Å²) in [7, 11) is 0. The first kappa shape index (κ1) is 9.37. The lowest BCUT2D eigenvalue weighted by Gasteiger charge is -2.04. The van der Waals surface area contributed by atoms with Crippen LogP contribution in [0, 0.1) is 0 Å². The van der Waals surface area contributed by atoms with E-state index in [9.17, 15) is 4.79 Å². The zero-order chi connectivity index (χ0) is 9.14. The van der Waals surface area contributed by atoms with E-state index in [1.54, 1.807) is 0 Å². The second-order valence-electron chi connectivity index (χ2n) is 2.06. The highest BCUT2D eigenvalue weighted by Gasteiger charge is 2.23. The van der Waals surface area contributed by atoms with Crippen LogP contribution in [0.2, 0.25) is 4.34 Å². The molecule has 0 radical (unpaired) electrons. The zero-order valence-corrected chi connectivity index (χ0v) is 7.47. The molecule has 12 heavy (non-hydrogen) atoms. The van der Waals surface area contributed by atoms with Gasteiger partial charge in [-0.05, 0) is 0 Å². The van der Waals surface area contributed by atoms with E-state index < -0.39 is 11.9 Å². The average Bonchev–Trinajstić information content (AvgIpc) is 2.38. The van der Waals surface area contributed by atoms with Crippen molar-refractivity contribution in [3.63, 3.8) is 0 Å². The van der Waals surface area contributed by atoms with Gasteiger partial charge in [-0.25, -0.2) is 0 Å². The molecular weight excluding hydrogens is 202 g/mol. The molecule has 0 fully saturated rings. The Balaban J connectivity index is 2.94. The number of aromatic nitrogens is 2. The first-order chi connectivity index (χ1) is 5.66. The molecule has 1 rings (SSSR count). The monoisotopic (exact) mass is 207 g/mol. The third-order valence-corrected chi connectivity index (χ3v) is 2.27. The number of nitrogens with zero attached hydrogens (tertiary/aromatic N) is 2. The molecule has 0 spiro atoms. The Bertz CT molecular complexity index is 290. The Morgan fingerprint density at radius 2 is 2.50 bits per heavy atom. The molecule has 1 aromatic heterocycles. The van der Waals surface area contributed by atoms with Crippen LogP contribution in [0.5, 0.6) is 0 Å². The summed E-state index contributed by atoms with van der Waals surface area (Å²) in [5.41, 5.74) is 5.48. The van der Waals surface area contributed by atoms with Gasteiger partial charge < -0.3 is 10.8 Å². The topological polar surface area (TPSA) is 89.1 Å². The number of halogens is 1. The molecule has 0 aliphatic carbocycles. The van der Waals surface area contributed by atoms with Gasteiger partial charge in [-0.3, -0.25) is 4.79 Å². The second-order valence-corrected chi connectivity index (χ2v) is 3.41. The van der Waals surface area contributed by atoms with E-state index in [0.29, 0.717) is 0 Å². The van der Waals surface area contributed by atoms with Crippen molar-refractivity contribution in [2.45, 2.75) is 5.92 Å². The van der Waals surface area contributed by atoms with E-state index in [-0.39, 0.29) is 16.6 Å². The summed E-state index contributed by atoms with van der Waals surface area (Å²) in [6.07, 6.45) is 0. The van der Waals surface area contributed by atoms with Crippen molar-refractivity contribution in [3.05, 3.63) is 10.0 Å². The molecule has 7 heteroatoms. The van der Waals surface area contributed by atoms with E-state index in [4.69, 9.17) is 22.4 Å². The van der Waals surface area contributed by atoms with E-state index in [2.05, 4.69) is 9.59 Å². The number of aliphatic carboxylic acids is 1. The highest BCUT2D eigenvalue weighted by molar-refractivity contribution is 7.10. The molecular formula is C5H6ClN3O2S. The number of carboxylic acids is 1. The average molecular weight is 208 g/mol. The predicted molar refractivity (Wildman–Crippen MR) is 44.4 cm³/mol. The highest BCUT2D eigenvalue weighted by Crippen LogP contribution is 2.24. The molecule has 66 valence electrons. The molecule has 1 heterocycles. The first-order valence-corrected chi connectivity index (χ1v) is 4.22. The Morgan fingerprint density at radius 3 is 2.83 bits per heavy atom. The first-order valence-electron chi connectivity index (χ1n) is 3.07. The van der Waals surface area contributed by atoms with Crippen molar-refractivity contribution in [2.75, 3.05) is 6.54 Å². The van der Waals surface area contributed by atoms with Gasteiger partial charge in [0.15, 0.2) is 0 Å². The lowest BCUT2D eigenvalue weighted by atomic mass is 10.1. The summed E-state index contributed by atoms with van der Waals surface area (Å²) >= 11 is 6.58. The fraction of sp³-hybridized carbons (Fsp3) is 0.400. The number of hydrogen-bond donors (Lipinski definition) is 2. The summed E-state index contributed by atoms with van der Waals surface area (Å²) in [4.78, 5) is 10.6. The van der Waals surface area contributed by atoms with E-state index in [0.717, 1.165) is 11.5 Å². The molecule has 1 unspecified atom stereocenters. The number of rotatable bonds is 3. The highest BCUT2D eigenvalue weighted by atomic mass is 35.5. The molecule has 0 aromatic carbocycles. The second kappa shape index (κ2) is 3.79. The van der Waals surface area contributed by atoms with Gasteiger partial charge in [0.25, 0.3) is 0 Å². The van der Waals surface area contributed by atoms with Gasteiger partial charge in [0.2, 0.25) is 0 Å². The van der Waals surface area contributed by atoms with Gasteiger partial charge in [0.1, 0.15) is 15.9 Å². The van der Waals surface area contributed by atoms with Crippen molar-refractivity contribution >= 4 is 29.1 Å². The van der Waals surface area contributed by atoms with Crippen molar-refractivity contribution in [3.8, 4) is 0 Å². The Kier molecular flexibility index (Phi) is 2.96. The summed E-state index contributed by atoms with van der Waals surface area (Å²) in [5, 5.41) is 12.3. The standard InChI is InChI=1S/C5H6ClN3O2S/c6-4-3(8-9-12-4)2(1-7)5(10)11/h2H,1,7H2,(H,10,11). The third kappa shape index (κ3) is 1.71. The summed E-state index contributed by atoms with van der Waals surface area (Å²) in [6.45, 7) is -0.0273. The van der Waals surface area contributed by atoms with Crippen LogP contribution in [-0.4, -0.2) is 27.2 Å². The van der Waals surface area contributed by atoms with Crippen LogP contribution in [0.1, 0.15) is 11.6 Å². The van der Waals surface area contributed by atoms with Crippen molar-refractivity contribution in [1.82, 2.24) is 9.59 Å². The minimum absolute atomic E-state index is 0.0273. The van der Waals surface area contributed by atoms with Gasteiger partial charge in [-0.15, -0.1) is 5.10 Å². The van der Waals surface area contributed by atoms with Crippen LogP contribution in [0.25, 0.3) is 0 Å². The minimum atomic E-state index is -1.04. The summed E-state index contributed by atoms with van der Waals surface area (Å²) in [5.74, 6) is -1.89. The maximum Gasteiger partial charge on any atom is 0.314 e. The molecule has 0 bridgehead atoms. The van der Waals surface area contributed by atoms with Gasteiger partial charge in [-0.1, -0.05) is 16.1 Å². The normalized spacial score (nSPS) is 12.8. The molecule has 0 amide bonds. The molecule has 0 aliphatic heterocycles. The predicted octanol–water partition coefficient (Wildman–Crippen LogP) is 0.318. The fourth-order valence-corrected chi connectivity index (χ4v) is 1.46. The Hall–Kier alpha value is -0.720. The lowest BCUT2D eigenvalue weighted by Crippen LogP contribution is -2.21. The summed E-state index contributed by atoms with van der Waals surface area (Å²) in [6, 6.07) is 0. The van der Waals surface area contributed by atoms with Gasteiger partial charge in [-0.2, -0.15) is 0 Å². The van der Waals surface area contributed by atoms with E-state index >= 15 is 0 Å². The largest absolute Gasteiger partial charge is 0.481 e. The van der Waals surface area contributed by atoms with Crippen LogP contribution >= 0.6 is 23.1 Å².